The number of nitrogens with zero attached hydrogens (tertiary/aromatic N) is 2. The smallest absolute Gasteiger partial charge is 0.220 e. The molecule has 2 N–H and O–H groups in total. The summed E-state index contributed by atoms with van der Waals surface area (Å²) in [4.78, 5) is 18.8. The Hall–Kier alpha value is -2.02. The van der Waals surface area contributed by atoms with E-state index >= 15 is 0 Å². The number of carbonyl (C=O) groups excluding carboxylic acids is 1. The number of likely N-dealkylation sites (tertiary alicyclic amines) is 1. The predicted octanol–water partition coefficient (Wildman–Crippen LogP) is 2.64. The van der Waals surface area contributed by atoms with Crippen LogP contribution in [0.5, 0.6) is 0 Å². The standard InChI is InChI=1S/C23H31N3O3/c1-3-20(27)25-22(2)10-14-29-23(21(22)28)8-12-26(13-9-23)16-17-6-7-19-18(15-17)5-4-11-24-19/h4-7,11,15,21,28H,3,8-10,12-14,16H2,1-2H3,(H,25,27)/t21-,22+/m0/s1. The highest BCUT2D eigenvalue weighted by Crippen LogP contribution is 2.40. The van der Waals surface area contributed by atoms with E-state index < -0.39 is 17.2 Å². The molecule has 1 aromatic carbocycles. The normalized spacial score (nSPS) is 27.2. The molecule has 6 heteroatoms. The fourth-order valence-corrected chi connectivity index (χ4v) is 4.79. The van der Waals surface area contributed by atoms with Gasteiger partial charge >= 0.3 is 0 Å². The lowest BCUT2D eigenvalue weighted by Crippen LogP contribution is -2.69. The minimum Gasteiger partial charge on any atom is -0.388 e. The minimum atomic E-state index is -0.701. The highest BCUT2D eigenvalue weighted by Gasteiger charge is 2.53. The van der Waals surface area contributed by atoms with Crippen molar-refractivity contribution in [2.24, 2.45) is 0 Å². The molecule has 2 aliphatic heterocycles. The maximum atomic E-state index is 12.0. The average molecular weight is 398 g/mol. The van der Waals surface area contributed by atoms with Gasteiger partial charge in [-0.05, 0) is 49.9 Å². The van der Waals surface area contributed by atoms with Crippen molar-refractivity contribution >= 4 is 16.8 Å². The van der Waals surface area contributed by atoms with Crippen LogP contribution in [0.15, 0.2) is 36.5 Å². The fraction of sp³-hybridized carbons (Fsp3) is 0.565. The van der Waals surface area contributed by atoms with Crippen molar-refractivity contribution in [3.05, 3.63) is 42.1 Å². The summed E-state index contributed by atoms with van der Waals surface area (Å²) in [6, 6.07) is 10.5. The maximum Gasteiger partial charge on any atom is 0.220 e. The summed E-state index contributed by atoms with van der Waals surface area (Å²) in [5.41, 5.74) is 1.09. The number of aromatic nitrogens is 1. The molecular formula is C23H31N3O3. The highest BCUT2D eigenvalue weighted by molar-refractivity contribution is 5.79. The van der Waals surface area contributed by atoms with Crippen LogP contribution in [0.25, 0.3) is 10.9 Å². The van der Waals surface area contributed by atoms with Gasteiger partial charge in [-0.2, -0.15) is 0 Å². The van der Waals surface area contributed by atoms with E-state index in [4.69, 9.17) is 4.74 Å². The number of piperidine rings is 1. The molecule has 1 spiro atoms. The average Bonchev–Trinajstić information content (AvgIpc) is 2.73. The first kappa shape index (κ1) is 20.3. The number of amides is 1. The topological polar surface area (TPSA) is 74.7 Å². The van der Waals surface area contributed by atoms with Crippen LogP contribution in [0.4, 0.5) is 0 Å². The Kier molecular flexibility index (Phi) is 5.60. The molecule has 0 saturated carbocycles. The lowest BCUT2D eigenvalue weighted by molar-refractivity contribution is -0.208. The summed E-state index contributed by atoms with van der Waals surface area (Å²) in [7, 11) is 0. The van der Waals surface area contributed by atoms with Crippen molar-refractivity contribution in [3.63, 3.8) is 0 Å². The number of aliphatic hydroxyl groups excluding tert-OH is 1. The Morgan fingerprint density at radius 2 is 2.10 bits per heavy atom. The summed E-state index contributed by atoms with van der Waals surface area (Å²) in [5, 5.41) is 15.4. The molecule has 4 rings (SSSR count). The molecule has 29 heavy (non-hydrogen) atoms. The summed E-state index contributed by atoms with van der Waals surface area (Å²) in [6.45, 7) is 6.95. The van der Waals surface area contributed by atoms with Crippen molar-refractivity contribution in [1.29, 1.82) is 0 Å². The van der Waals surface area contributed by atoms with E-state index in [1.807, 2.05) is 26.1 Å². The monoisotopic (exact) mass is 397 g/mol. The van der Waals surface area contributed by atoms with Crippen molar-refractivity contribution in [3.8, 4) is 0 Å². The van der Waals surface area contributed by atoms with Gasteiger partial charge in [-0.15, -0.1) is 0 Å². The van der Waals surface area contributed by atoms with Crippen molar-refractivity contribution in [1.82, 2.24) is 15.2 Å². The largest absolute Gasteiger partial charge is 0.388 e. The summed E-state index contributed by atoms with van der Waals surface area (Å²) >= 11 is 0. The van der Waals surface area contributed by atoms with Gasteiger partial charge in [0.2, 0.25) is 5.91 Å². The number of fused-ring (bicyclic) bond motifs is 1. The molecule has 6 nitrogen and oxygen atoms in total. The van der Waals surface area contributed by atoms with Crippen LogP contribution in [-0.4, -0.2) is 57.8 Å². The minimum absolute atomic E-state index is 0.0215. The number of rotatable bonds is 4. The summed E-state index contributed by atoms with van der Waals surface area (Å²) < 4.78 is 6.15. The first-order valence-corrected chi connectivity index (χ1v) is 10.6. The quantitative estimate of drug-likeness (QED) is 0.830. The molecule has 0 aliphatic carbocycles. The van der Waals surface area contributed by atoms with Crippen LogP contribution >= 0.6 is 0 Å². The molecule has 2 aromatic rings. The number of carbonyl (C=O) groups is 1. The van der Waals surface area contributed by atoms with Gasteiger partial charge in [-0.1, -0.05) is 19.1 Å². The Morgan fingerprint density at radius 1 is 1.31 bits per heavy atom. The summed E-state index contributed by atoms with van der Waals surface area (Å²) in [5.74, 6) is -0.0215. The number of nitrogens with one attached hydrogen (secondary N) is 1. The number of pyridine rings is 1. The van der Waals surface area contributed by atoms with Crippen LogP contribution in [0.3, 0.4) is 0 Å². The first-order valence-electron chi connectivity index (χ1n) is 10.6. The Balaban J connectivity index is 1.41. The molecule has 2 aliphatic rings. The van der Waals surface area contributed by atoms with E-state index in [1.54, 1.807) is 0 Å². The van der Waals surface area contributed by atoms with Gasteiger partial charge in [0, 0.05) is 44.2 Å². The maximum absolute atomic E-state index is 12.0. The van der Waals surface area contributed by atoms with Crippen molar-refractivity contribution in [2.45, 2.75) is 63.3 Å². The van der Waals surface area contributed by atoms with E-state index in [2.05, 4.69) is 39.5 Å². The van der Waals surface area contributed by atoms with E-state index in [0.717, 1.165) is 43.4 Å². The molecule has 2 fully saturated rings. The predicted molar refractivity (Wildman–Crippen MR) is 112 cm³/mol. The van der Waals surface area contributed by atoms with Crippen molar-refractivity contribution < 1.29 is 14.6 Å². The number of benzene rings is 1. The zero-order valence-corrected chi connectivity index (χ0v) is 17.4. The van der Waals surface area contributed by atoms with E-state index in [9.17, 15) is 9.90 Å². The van der Waals surface area contributed by atoms with Crippen LogP contribution in [0, 0.1) is 0 Å². The Bertz CT molecular complexity index is 879. The number of ether oxygens (including phenoxy) is 1. The SMILES string of the molecule is CCC(=O)N[C@]1(C)CCOC2(CCN(Cc3ccc4ncccc4c3)CC2)[C@H]1O. The second-order valence-electron chi connectivity index (χ2n) is 8.69. The van der Waals surface area contributed by atoms with Gasteiger partial charge in [-0.25, -0.2) is 0 Å². The second-order valence-corrected chi connectivity index (χ2v) is 8.69. The van der Waals surface area contributed by atoms with Crippen LogP contribution < -0.4 is 5.32 Å². The lowest BCUT2D eigenvalue weighted by Gasteiger charge is -2.53. The molecule has 1 aromatic heterocycles. The molecule has 3 heterocycles. The third-order valence-corrected chi connectivity index (χ3v) is 6.63. The van der Waals surface area contributed by atoms with Crippen LogP contribution in [0.2, 0.25) is 0 Å². The van der Waals surface area contributed by atoms with Crippen LogP contribution in [0.1, 0.15) is 45.1 Å². The third kappa shape index (κ3) is 4.02. The second kappa shape index (κ2) is 8.01. The number of hydrogen-bond acceptors (Lipinski definition) is 5. The zero-order valence-electron chi connectivity index (χ0n) is 17.4. The van der Waals surface area contributed by atoms with Crippen molar-refractivity contribution in [2.75, 3.05) is 19.7 Å². The molecule has 156 valence electrons. The van der Waals surface area contributed by atoms with Gasteiger partial charge in [0.05, 0.1) is 16.7 Å². The fourth-order valence-electron chi connectivity index (χ4n) is 4.79. The van der Waals surface area contributed by atoms with Crippen LogP contribution in [-0.2, 0) is 16.1 Å². The molecule has 1 amide bonds. The summed E-state index contributed by atoms with van der Waals surface area (Å²) in [6.07, 6.45) is 3.70. The Morgan fingerprint density at radius 3 is 2.86 bits per heavy atom. The van der Waals surface area contributed by atoms with Gasteiger partial charge in [0.25, 0.3) is 0 Å². The molecule has 2 saturated heterocycles. The molecule has 0 radical (unpaired) electrons. The van der Waals surface area contributed by atoms with E-state index in [1.165, 1.54) is 5.56 Å². The van der Waals surface area contributed by atoms with Gasteiger partial charge in [-0.3, -0.25) is 14.7 Å². The number of hydrogen-bond donors (Lipinski definition) is 2. The van der Waals surface area contributed by atoms with E-state index in [0.29, 0.717) is 19.4 Å². The zero-order chi connectivity index (χ0) is 20.5. The highest BCUT2D eigenvalue weighted by atomic mass is 16.5. The lowest BCUT2D eigenvalue weighted by atomic mass is 9.73. The van der Waals surface area contributed by atoms with Gasteiger partial charge < -0.3 is 15.2 Å². The molecular weight excluding hydrogens is 366 g/mol. The molecule has 2 atom stereocenters. The Labute approximate surface area is 172 Å². The first-order chi connectivity index (χ1) is 13.9. The molecule has 0 unspecified atom stereocenters. The van der Waals surface area contributed by atoms with Gasteiger partial charge in [0.15, 0.2) is 0 Å². The third-order valence-electron chi connectivity index (χ3n) is 6.63. The van der Waals surface area contributed by atoms with E-state index in [-0.39, 0.29) is 5.91 Å². The number of aliphatic hydroxyl groups is 1. The molecule has 0 bridgehead atoms. The van der Waals surface area contributed by atoms with Gasteiger partial charge in [0.1, 0.15) is 6.10 Å².